The maximum atomic E-state index is 2.44. The third-order valence-electron chi connectivity index (χ3n) is 1.86. The minimum absolute atomic E-state index is 0.517. The molecule has 0 atom stereocenters. The van der Waals surface area contributed by atoms with Crippen LogP contribution in [0.25, 0.3) is 0 Å². The summed E-state index contributed by atoms with van der Waals surface area (Å²) >= 11 is 0. The van der Waals surface area contributed by atoms with Crippen molar-refractivity contribution in [3.63, 3.8) is 0 Å². The highest BCUT2D eigenvalue weighted by Crippen LogP contribution is 2.21. The highest BCUT2D eigenvalue weighted by molar-refractivity contribution is 4.70. The standard InChI is InChI=1S/C11H23/c1-5-6-7-8-9-10-11(2,3)4/h8H,5-7,9-10H2,1-4H3. The van der Waals surface area contributed by atoms with E-state index in [4.69, 9.17) is 0 Å². The average molecular weight is 155 g/mol. The van der Waals surface area contributed by atoms with Crippen LogP contribution in [0.1, 0.15) is 59.8 Å². The summed E-state index contributed by atoms with van der Waals surface area (Å²) in [7, 11) is 0. The molecule has 0 fully saturated rings. The molecule has 1 radical (unpaired) electrons. The van der Waals surface area contributed by atoms with Crippen molar-refractivity contribution in [3.8, 4) is 0 Å². The number of rotatable bonds is 5. The fraction of sp³-hybridized carbons (Fsp3) is 0.909. The largest absolute Gasteiger partial charge is 0.0654 e. The van der Waals surface area contributed by atoms with E-state index in [-0.39, 0.29) is 0 Å². The van der Waals surface area contributed by atoms with E-state index < -0.39 is 0 Å². The molecule has 0 N–H and O–H groups in total. The second kappa shape index (κ2) is 5.62. The van der Waals surface area contributed by atoms with Gasteiger partial charge >= 0.3 is 0 Å². The highest BCUT2D eigenvalue weighted by Gasteiger charge is 2.08. The summed E-state index contributed by atoms with van der Waals surface area (Å²) in [5.74, 6) is 0. The van der Waals surface area contributed by atoms with Gasteiger partial charge in [-0.05, 0) is 24.7 Å². The Hall–Kier alpha value is 0. The molecule has 0 aliphatic rings. The molecule has 67 valence electrons. The first-order chi connectivity index (χ1) is 5.06. The average Bonchev–Trinajstić information content (AvgIpc) is 1.85. The van der Waals surface area contributed by atoms with Gasteiger partial charge in [-0.1, -0.05) is 47.0 Å². The van der Waals surface area contributed by atoms with Crippen molar-refractivity contribution in [1.29, 1.82) is 0 Å². The molecule has 0 heterocycles. The SMILES string of the molecule is CCCC[CH]CCC(C)(C)C. The summed E-state index contributed by atoms with van der Waals surface area (Å²) in [5.41, 5.74) is 0.517. The van der Waals surface area contributed by atoms with Gasteiger partial charge in [0.2, 0.25) is 0 Å². The van der Waals surface area contributed by atoms with E-state index in [1.54, 1.807) is 0 Å². The lowest BCUT2D eigenvalue weighted by atomic mass is 9.89. The Morgan fingerprint density at radius 2 is 1.73 bits per heavy atom. The Morgan fingerprint density at radius 3 is 2.18 bits per heavy atom. The Kier molecular flexibility index (Phi) is 5.62. The van der Waals surface area contributed by atoms with Crippen molar-refractivity contribution in [2.45, 2.75) is 59.8 Å². The molecule has 0 aliphatic carbocycles. The minimum Gasteiger partial charge on any atom is -0.0654 e. The molecule has 0 heteroatoms. The Bertz CT molecular complexity index is 76.5. The third-order valence-corrected chi connectivity index (χ3v) is 1.86. The highest BCUT2D eigenvalue weighted by atomic mass is 14.1. The van der Waals surface area contributed by atoms with Gasteiger partial charge in [0, 0.05) is 0 Å². The smallest absolute Gasteiger partial charge is 0.0383 e. The zero-order valence-electron chi connectivity index (χ0n) is 8.61. The van der Waals surface area contributed by atoms with Gasteiger partial charge in [-0.2, -0.15) is 0 Å². The van der Waals surface area contributed by atoms with Crippen molar-refractivity contribution in [2.75, 3.05) is 0 Å². The van der Waals surface area contributed by atoms with Crippen molar-refractivity contribution >= 4 is 0 Å². The normalized spacial score (nSPS) is 12.0. The van der Waals surface area contributed by atoms with Crippen LogP contribution in [0.4, 0.5) is 0 Å². The van der Waals surface area contributed by atoms with Gasteiger partial charge in [-0.3, -0.25) is 0 Å². The predicted molar refractivity (Wildman–Crippen MR) is 52.5 cm³/mol. The summed E-state index contributed by atoms with van der Waals surface area (Å²) in [6.45, 7) is 9.17. The number of hydrogen-bond acceptors (Lipinski definition) is 0. The molecule has 0 bridgehead atoms. The van der Waals surface area contributed by atoms with Crippen molar-refractivity contribution < 1.29 is 0 Å². The molecule has 0 aromatic rings. The van der Waals surface area contributed by atoms with E-state index in [1.807, 2.05) is 0 Å². The topological polar surface area (TPSA) is 0 Å². The molecule has 0 spiro atoms. The van der Waals surface area contributed by atoms with Gasteiger partial charge in [0.1, 0.15) is 0 Å². The molecule has 0 aromatic heterocycles. The fourth-order valence-corrected chi connectivity index (χ4v) is 1.03. The monoisotopic (exact) mass is 155 g/mol. The van der Waals surface area contributed by atoms with Crippen LogP contribution in [0.3, 0.4) is 0 Å². The van der Waals surface area contributed by atoms with Gasteiger partial charge in [-0.15, -0.1) is 0 Å². The molecule has 0 amide bonds. The lowest BCUT2D eigenvalue weighted by Crippen LogP contribution is -2.03. The van der Waals surface area contributed by atoms with Crippen molar-refractivity contribution in [3.05, 3.63) is 6.42 Å². The molecule has 0 saturated heterocycles. The summed E-state index contributed by atoms with van der Waals surface area (Å²) < 4.78 is 0. The summed E-state index contributed by atoms with van der Waals surface area (Å²) in [5, 5.41) is 0. The second-order valence-corrected chi connectivity index (χ2v) is 4.53. The Balaban J connectivity index is 3.02. The van der Waals surface area contributed by atoms with Crippen LogP contribution in [0.15, 0.2) is 0 Å². The summed E-state index contributed by atoms with van der Waals surface area (Å²) in [6, 6.07) is 0. The third kappa shape index (κ3) is 10.0. The minimum atomic E-state index is 0.517. The van der Waals surface area contributed by atoms with E-state index in [1.165, 1.54) is 32.1 Å². The predicted octanol–water partition coefficient (Wildman–Crippen LogP) is 4.21. The van der Waals surface area contributed by atoms with Crippen molar-refractivity contribution in [1.82, 2.24) is 0 Å². The van der Waals surface area contributed by atoms with Crippen LogP contribution >= 0.6 is 0 Å². The molecule has 0 aromatic carbocycles. The van der Waals surface area contributed by atoms with Crippen molar-refractivity contribution in [2.24, 2.45) is 5.41 Å². The zero-order chi connectivity index (χ0) is 8.74. The Morgan fingerprint density at radius 1 is 1.09 bits per heavy atom. The second-order valence-electron chi connectivity index (χ2n) is 4.53. The molecule has 0 nitrogen and oxygen atoms in total. The van der Waals surface area contributed by atoms with Crippen LogP contribution in [0, 0.1) is 11.8 Å². The summed E-state index contributed by atoms with van der Waals surface area (Å²) in [6.07, 6.45) is 9.07. The first-order valence-electron chi connectivity index (χ1n) is 4.88. The van der Waals surface area contributed by atoms with E-state index >= 15 is 0 Å². The molecule has 0 rings (SSSR count). The number of unbranched alkanes of at least 4 members (excludes halogenated alkanes) is 4. The lowest BCUT2D eigenvalue weighted by Gasteiger charge is -2.17. The zero-order valence-corrected chi connectivity index (χ0v) is 8.61. The summed E-state index contributed by atoms with van der Waals surface area (Å²) in [4.78, 5) is 0. The quantitative estimate of drug-likeness (QED) is 0.522. The van der Waals surface area contributed by atoms with Gasteiger partial charge in [-0.25, -0.2) is 0 Å². The van der Waals surface area contributed by atoms with Crippen LogP contribution in [-0.2, 0) is 0 Å². The van der Waals surface area contributed by atoms with E-state index in [0.29, 0.717) is 5.41 Å². The first kappa shape index (κ1) is 11.0. The van der Waals surface area contributed by atoms with Crippen LogP contribution in [-0.4, -0.2) is 0 Å². The molecule has 11 heavy (non-hydrogen) atoms. The van der Waals surface area contributed by atoms with E-state index in [2.05, 4.69) is 34.1 Å². The number of hydrogen-bond donors (Lipinski definition) is 0. The molecular weight excluding hydrogens is 132 g/mol. The van der Waals surface area contributed by atoms with Gasteiger partial charge in [0.15, 0.2) is 0 Å². The van der Waals surface area contributed by atoms with Crippen LogP contribution < -0.4 is 0 Å². The van der Waals surface area contributed by atoms with Crippen LogP contribution in [0.2, 0.25) is 0 Å². The molecule has 0 aliphatic heterocycles. The molecule has 0 unspecified atom stereocenters. The molecule has 0 saturated carbocycles. The van der Waals surface area contributed by atoms with Gasteiger partial charge in [0.05, 0.1) is 0 Å². The van der Waals surface area contributed by atoms with Gasteiger partial charge < -0.3 is 0 Å². The molecular formula is C11H23. The van der Waals surface area contributed by atoms with Crippen LogP contribution in [0.5, 0.6) is 0 Å². The lowest BCUT2D eigenvalue weighted by molar-refractivity contribution is 0.374. The Labute approximate surface area is 72.4 Å². The maximum Gasteiger partial charge on any atom is -0.0383 e. The first-order valence-corrected chi connectivity index (χ1v) is 4.88. The van der Waals surface area contributed by atoms with Gasteiger partial charge in [0.25, 0.3) is 0 Å². The fourth-order valence-electron chi connectivity index (χ4n) is 1.03. The van der Waals surface area contributed by atoms with E-state index in [0.717, 1.165) is 0 Å². The van der Waals surface area contributed by atoms with E-state index in [9.17, 15) is 0 Å². The maximum absolute atomic E-state index is 2.44.